The fourth-order valence-electron chi connectivity index (χ4n) is 2.38. The molecule has 1 unspecified atom stereocenters. The Morgan fingerprint density at radius 3 is 2.65 bits per heavy atom. The summed E-state index contributed by atoms with van der Waals surface area (Å²) in [5.74, 6) is 0. The van der Waals surface area contributed by atoms with Gasteiger partial charge in [-0.1, -0.05) is 18.2 Å². The second kappa shape index (κ2) is 6.22. The first kappa shape index (κ1) is 14.8. The minimum atomic E-state index is -4.08. The van der Waals surface area contributed by atoms with E-state index in [2.05, 4.69) is 10.3 Å². The van der Waals surface area contributed by atoms with Crippen molar-refractivity contribution in [2.45, 2.75) is 31.5 Å². The molecule has 0 amide bonds. The third kappa shape index (κ3) is 3.70. The summed E-state index contributed by atoms with van der Waals surface area (Å²) in [7, 11) is 1.77. The molecule has 1 atom stereocenters. The highest BCUT2D eigenvalue weighted by molar-refractivity contribution is 5.82. The van der Waals surface area contributed by atoms with Crippen LogP contribution in [-0.4, -0.2) is 18.2 Å². The van der Waals surface area contributed by atoms with Gasteiger partial charge in [0.2, 0.25) is 0 Å². The lowest BCUT2D eigenvalue weighted by atomic mass is 9.97. The standard InChI is InChI=1S/C15H17F3N2/c1-19-13(7-4-9-15(16,17)18)12-8-10-20-14-6-3-2-5-11(12)14/h2-3,5-6,8,10,13,19H,4,7,9H2,1H3. The van der Waals surface area contributed by atoms with Crippen molar-refractivity contribution in [2.24, 2.45) is 0 Å². The van der Waals surface area contributed by atoms with Gasteiger partial charge in [-0.15, -0.1) is 0 Å². The summed E-state index contributed by atoms with van der Waals surface area (Å²) in [4.78, 5) is 4.27. The zero-order chi connectivity index (χ0) is 14.6. The van der Waals surface area contributed by atoms with E-state index in [0.29, 0.717) is 6.42 Å². The van der Waals surface area contributed by atoms with Crippen molar-refractivity contribution in [1.29, 1.82) is 0 Å². The number of nitrogens with one attached hydrogen (secondary N) is 1. The summed E-state index contributed by atoms with van der Waals surface area (Å²) in [6, 6.07) is 9.45. The number of pyridine rings is 1. The van der Waals surface area contributed by atoms with Crippen LogP contribution in [-0.2, 0) is 0 Å². The highest BCUT2D eigenvalue weighted by Crippen LogP contribution is 2.29. The van der Waals surface area contributed by atoms with Crippen LogP contribution in [0.15, 0.2) is 36.5 Å². The maximum atomic E-state index is 12.2. The normalized spacial score (nSPS) is 13.6. The predicted octanol–water partition coefficient (Wildman–Crippen LogP) is 4.23. The van der Waals surface area contributed by atoms with E-state index in [1.807, 2.05) is 30.3 Å². The summed E-state index contributed by atoms with van der Waals surface area (Å²) >= 11 is 0. The first-order chi connectivity index (χ1) is 9.51. The zero-order valence-corrected chi connectivity index (χ0v) is 11.2. The second-order valence-corrected chi connectivity index (χ2v) is 4.77. The third-order valence-electron chi connectivity index (χ3n) is 3.36. The number of aromatic nitrogens is 1. The average molecular weight is 282 g/mol. The number of fused-ring (bicyclic) bond motifs is 1. The Hall–Kier alpha value is -1.62. The van der Waals surface area contributed by atoms with Crippen molar-refractivity contribution >= 4 is 10.9 Å². The third-order valence-corrected chi connectivity index (χ3v) is 3.36. The molecule has 2 rings (SSSR count). The van der Waals surface area contributed by atoms with Gasteiger partial charge in [-0.05, 0) is 37.6 Å². The van der Waals surface area contributed by atoms with Crippen LogP contribution in [0.4, 0.5) is 13.2 Å². The SMILES string of the molecule is CNC(CCCC(F)(F)F)c1ccnc2ccccc12. The fourth-order valence-corrected chi connectivity index (χ4v) is 2.38. The molecule has 0 aliphatic heterocycles. The van der Waals surface area contributed by atoms with Gasteiger partial charge in [-0.2, -0.15) is 13.2 Å². The second-order valence-electron chi connectivity index (χ2n) is 4.77. The molecule has 0 spiro atoms. The quantitative estimate of drug-likeness (QED) is 0.887. The number of alkyl halides is 3. The van der Waals surface area contributed by atoms with E-state index in [9.17, 15) is 13.2 Å². The molecule has 5 heteroatoms. The van der Waals surface area contributed by atoms with Gasteiger partial charge in [-0.3, -0.25) is 4.98 Å². The molecular formula is C15H17F3N2. The van der Waals surface area contributed by atoms with Crippen molar-refractivity contribution in [3.05, 3.63) is 42.1 Å². The number of hydrogen-bond donors (Lipinski definition) is 1. The molecule has 0 bridgehead atoms. The molecule has 0 radical (unpaired) electrons. The molecule has 2 aromatic rings. The first-order valence-electron chi connectivity index (χ1n) is 6.59. The summed E-state index contributed by atoms with van der Waals surface area (Å²) in [5.41, 5.74) is 1.86. The Kier molecular flexibility index (Phi) is 4.60. The van der Waals surface area contributed by atoms with E-state index in [1.165, 1.54) is 0 Å². The monoisotopic (exact) mass is 282 g/mol. The Balaban J connectivity index is 2.17. The molecule has 1 aromatic carbocycles. The van der Waals surface area contributed by atoms with Crippen LogP contribution in [0.5, 0.6) is 0 Å². The topological polar surface area (TPSA) is 24.9 Å². The minimum Gasteiger partial charge on any atom is -0.313 e. The van der Waals surface area contributed by atoms with Crippen LogP contribution in [0, 0.1) is 0 Å². The Labute approximate surface area is 116 Å². The van der Waals surface area contributed by atoms with Gasteiger partial charge in [0, 0.05) is 24.0 Å². The summed E-state index contributed by atoms with van der Waals surface area (Å²) in [6.45, 7) is 0. The van der Waals surface area contributed by atoms with Gasteiger partial charge in [0.05, 0.1) is 5.52 Å². The average Bonchev–Trinajstić information content (AvgIpc) is 2.42. The molecular weight excluding hydrogens is 265 g/mol. The number of benzene rings is 1. The van der Waals surface area contributed by atoms with E-state index in [0.717, 1.165) is 16.5 Å². The van der Waals surface area contributed by atoms with Crippen molar-refractivity contribution in [3.63, 3.8) is 0 Å². The highest BCUT2D eigenvalue weighted by atomic mass is 19.4. The van der Waals surface area contributed by atoms with Crippen LogP contribution in [0.2, 0.25) is 0 Å². The van der Waals surface area contributed by atoms with E-state index in [1.54, 1.807) is 13.2 Å². The summed E-state index contributed by atoms with van der Waals surface area (Å²) < 4.78 is 36.7. The zero-order valence-electron chi connectivity index (χ0n) is 11.2. The fraction of sp³-hybridized carbons (Fsp3) is 0.400. The van der Waals surface area contributed by atoms with Gasteiger partial charge in [0.1, 0.15) is 0 Å². The lowest BCUT2D eigenvalue weighted by Crippen LogP contribution is -2.18. The Morgan fingerprint density at radius 1 is 1.20 bits per heavy atom. The molecule has 1 heterocycles. The highest BCUT2D eigenvalue weighted by Gasteiger charge is 2.26. The van der Waals surface area contributed by atoms with Gasteiger partial charge in [0.15, 0.2) is 0 Å². The van der Waals surface area contributed by atoms with E-state index >= 15 is 0 Å². The van der Waals surface area contributed by atoms with Crippen molar-refractivity contribution in [3.8, 4) is 0 Å². The lowest BCUT2D eigenvalue weighted by molar-refractivity contribution is -0.135. The van der Waals surface area contributed by atoms with Crippen molar-refractivity contribution in [2.75, 3.05) is 7.05 Å². The first-order valence-corrected chi connectivity index (χ1v) is 6.59. The molecule has 20 heavy (non-hydrogen) atoms. The molecule has 1 aromatic heterocycles. The van der Waals surface area contributed by atoms with Gasteiger partial charge in [-0.25, -0.2) is 0 Å². The lowest BCUT2D eigenvalue weighted by Gasteiger charge is -2.18. The van der Waals surface area contributed by atoms with Crippen LogP contribution in [0.3, 0.4) is 0 Å². The van der Waals surface area contributed by atoms with E-state index in [-0.39, 0.29) is 12.5 Å². The van der Waals surface area contributed by atoms with Gasteiger partial charge >= 0.3 is 6.18 Å². The van der Waals surface area contributed by atoms with Gasteiger partial charge in [0.25, 0.3) is 0 Å². The molecule has 108 valence electrons. The summed E-state index contributed by atoms with van der Waals surface area (Å²) in [5, 5.41) is 4.09. The molecule has 0 aliphatic carbocycles. The molecule has 0 saturated heterocycles. The number of para-hydroxylation sites is 1. The van der Waals surface area contributed by atoms with Gasteiger partial charge < -0.3 is 5.32 Å². The Bertz CT molecular complexity index is 561. The van der Waals surface area contributed by atoms with Crippen molar-refractivity contribution < 1.29 is 13.2 Å². The van der Waals surface area contributed by atoms with Crippen LogP contribution in [0.25, 0.3) is 10.9 Å². The largest absolute Gasteiger partial charge is 0.389 e. The van der Waals surface area contributed by atoms with E-state index < -0.39 is 12.6 Å². The minimum absolute atomic E-state index is 0.0924. The number of hydrogen-bond acceptors (Lipinski definition) is 2. The number of rotatable bonds is 5. The van der Waals surface area contributed by atoms with E-state index in [4.69, 9.17) is 0 Å². The van der Waals surface area contributed by atoms with Crippen LogP contribution < -0.4 is 5.32 Å². The van der Waals surface area contributed by atoms with Crippen LogP contribution in [0.1, 0.15) is 30.9 Å². The molecule has 2 nitrogen and oxygen atoms in total. The molecule has 0 aliphatic rings. The predicted molar refractivity (Wildman–Crippen MR) is 73.4 cm³/mol. The maximum absolute atomic E-state index is 12.2. The number of nitrogens with zero attached hydrogens (tertiary/aromatic N) is 1. The van der Waals surface area contributed by atoms with Crippen LogP contribution >= 0.6 is 0 Å². The number of halogens is 3. The maximum Gasteiger partial charge on any atom is 0.389 e. The molecule has 1 N–H and O–H groups in total. The molecule has 0 fully saturated rings. The smallest absolute Gasteiger partial charge is 0.313 e. The Morgan fingerprint density at radius 2 is 1.95 bits per heavy atom. The summed E-state index contributed by atoms with van der Waals surface area (Å²) in [6.07, 6.45) is -2.56. The molecule has 0 saturated carbocycles. The van der Waals surface area contributed by atoms with Crippen molar-refractivity contribution in [1.82, 2.24) is 10.3 Å².